The highest BCUT2D eigenvalue weighted by Gasteiger charge is 2.44. The molecule has 0 radical (unpaired) electrons. The summed E-state index contributed by atoms with van der Waals surface area (Å²) in [4.78, 5) is 38.6. The normalized spacial score (nSPS) is 13.7. The fourth-order valence-corrected chi connectivity index (χ4v) is 7.87. The minimum Gasteiger partial charge on any atom is -0.490 e. The zero-order chi connectivity index (χ0) is 48.9. The molecule has 0 saturated carbocycles. The molecular weight excluding hydrogens is 895 g/mol. The summed E-state index contributed by atoms with van der Waals surface area (Å²) in [6, 6.07) is 8.82. The molecular formula is C44H48F6N10O5S. The Kier molecular flexibility index (Phi) is 18.4. The summed E-state index contributed by atoms with van der Waals surface area (Å²) < 4.78 is 102. The number of rotatable bonds is 8. The number of fused-ring (bicyclic) bond motifs is 1. The van der Waals surface area contributed by atoms with Gasteiger partial charge in [0.1, 0.15) is 52.2 Å². The molecule has 1 fully saturated rings. The molecule has 352 valence electrons. The van der Waals surface area contributed by atoms with Gasteiger partial charge in [0.05, 0.1) is 36.7 Å². The van der Waals surface area contributed by atoms with E-state index in [1.807, 2.05) is 6.07 Å². The summed E-state index contributed by atoms with van der Waals surface area (Å²) in [5.74, 6) is -3.28. The van der Waals surface area contributed by atoms with E-state index in [4.69, 9.17) is 30.9 Å². The lowest BCUT2D eigenvalue weighted by Crippen LogP contribution is -2.33. The SMILES string of the molecule is C1CCNC1.CC#N.CCC(CC)=C(F)F.COc1nc2c3c(c(C(F)(F)F)c(-c4cccc5sc(N)c(C#N)c45)c(F)c3n1)OCCN2C(C)c1cccnc1NC(=O)OC(=O)C(C)N. The molecule has 3 aromatic heterocycles. The van der Waals surface area contributed by atoms with Crippen LogP contribution in [0.15, 0.2) is 48.2 Å². The molecule has 22 heteroatoms. The topological polar surface area (TPSA) is 227 Å². The van der Waals surface area contributed by atoms with Gasteiger partial charge in [0, 0.05) is 34.3 Å². The molecule has 0 aliphatic carbocycles. The van der Waals surface area contributed by atoms with E-state index in [2.05, 4.69) is 25.6 Å². The highest BCUT2D eigenvalue weighted by Crippen LogP contribution is 2.53. The number of benzene rings is 2. The van der Waals surface area contributed by atoms with E-state index in [0.29, 0.717) is 23.1 Å². The van der Waals surface area contributed by atoms with Crippen LogP contribution in [-0.2, 0) is 15.7 Å². The van der Waals surface area contributed by atoms with Crippen molar-refractivity contribution in [1.82, 2.24) is 20.3 Å². The Morgan fingerprint density at radius 3 is 2.27 bits per heavy atom. The number of carbonyl (C=O) groups excluding carboxylic acids is 2. The van der Waals surface area contributed by atoms with Gasteiger partial charge in [-0.05, 0) is 75.9 Å². The average molecular weight is 943 g/mol. The molecule has 6 N–H and O–H groups in total. The molecule has 1 amide bonds. The highest BCUT2D eigenvalue weighted by molar-refractivity contribution is 7.23. The number of ether oxygens (including phenoxy) is 3. The number of anilines is 3. The number of thiophene rings is 1. The lowest BCUT2D eigenvalue weighted by atomic mass is 9.91. The van der Waals surface area contributed by atoms with Gasteiger partial charge in [-0.2, -0.15) is 42.4 Å². The summed E-state index contributed by atoms with van der Waals surface area (Å²) in [6.45, 7) is 9.95. The number of hydrogen-bond donors (Lipinski definition) is 4. The van der Waals surface area contributed by atoms with Crippen LogP contribution in [-0.4, -0.2) is 66.4 Å². The number of nitrogens with one attached hydrogen (secondary N) is 2. The number of halogens is 6. The van der Waals surface area contributed by atoms with Gasteiger partial charge in [-0.3, -0.25) is 5.32 Å². The molecule has 0 spiro atoms. The number of nitrogens with zero attached hydrogens (tertiary/aromatic N) is 6. The third-order valence-electron chi connectivity index (χ3n) is 10.1. The maximum atomic E-state index is 17.0. The van der Waals surface area contributed by atoms with Crippen molar-refractivity contribution in [2.45, 2.75) is 78.6 Å². The molecule has 2 aliphatic heterocycles. The maximum absolute atomic E-state index is 17.0. The van der Waals surface area contributed by atoms with Crippen LogP contribution < -0.4 is 36.5 Å². The number of nitrogen functional groups attached to an aromatic ring is 1. The Hall–Kier alpha value is -6.75. The van der Waals surface area contributed by atoms with E-state index in [1.54, 1.807) is 45.0 Å². The van der Waals surface area contributed by atoms with Crippen LogP contribution >= 0.6 is 11.3 Å². The van der Waals surface area contributed by atoms with Gasteiger partial charge in [0.15, 0.2) is 5.82 Å². The number of nitrogens with two attached hydrogens (primary N) is 2. The van der Waals surface area contributed by atoms with Crippen molar-refractivity contribution in [2.24, 2.45) is 5.73 Å². The standard InChI is InChI=1S/C32H26F4N8O5S.C6H10F2.C4H9N.C2H3N/c1-13(38)29(45)49-31(46)42-27-15(7-5-9-40-27)14(2)44-10-11-48-25-21-24(41-30(47-3)43-28(21)44)23(33)20(22(25)32(34,35)36)16-6-4-8-18-19(16)17(12-37)26(39)50-18;1-3-5(4-2)6(7)8;1-2-4-5-3-1;1-2-3/h4-9,13-14H,10-11,38-39H2,1-3H3,(H,40,42,46);3-4H2,1-2H3;5H,1-4H2;1H3. The first kappa shape index (κ1) is 51.9. The van der Waals surface area contributed by atoms with E-state index < -0.39 is 64.6 Å². The smallest absolute Gasteiger partial charge is 0.420 e. The third-order valence-corrected chi connectivity index (χ3v) is 11.0. The van der Waals surface area contributed by atoms with E-state index in [9.17, 15) is 23.6 Å². The molecule has 15 nitrogen and oxygen atoms in total. The average Bonchev–Trinajstić information content (AvgIpc) is 3.93. The minimum absolute atomic E-state index is 0.0425. The molecule has 2 unspecified atom stereocenters. The van der Waals surface area contributed by atoms with Crippen LogP contribution in [0.2, 0.25) is 0 Å². The number of carbonyl (C=O) groups is 2. The Morgan fingerprint density at radius 2 is 1.74 bits per heavy atom. The third kappa shape index (κ3) is 11.9. The van der Waals surface area contributed by atoms with E-state index >= 15 is 17.6 Å². The lowest BCUT2D eigenvalue weighted by Gasteiger charge is -2.30. The number of aromatic nitrogens is 3. The number of hydrogen-bond acceptors (Lipinski definition) is 15. The monoisotopic (exact) mass is 942 g/mol. The largest absolute Gasteiger partial charge is 0.490 e. The van der Waals surface area contributed by atoms with Gasteiger partial charge in [-0.25, -0.2) is 19.0 Å². The van der Waals surface area contributed by atoms with Crippen molar-refractivity contribution in [2.75, 3.05) is 49.3 Å². The Labute approximate surface area is 380 Å². The molecule has 2 aromatic carbocycles. The number of esters is 1. The van der Waals surface area contributed by atoms with Crippen LogP contribution in [0.1, 0.15) is 83.0 Å². The van der Waals surface area contributed by atoms with Gasteiger partial charge >= 0.3 is 24.2 Å². The van der Waals surface area contributed by atoms with Gasteiger partial charge < -0.3 is 35.9 Å². The zero-order valence-electron chi connectivity index (χ0n) is 36.8. The van der Waals surface area contributed by atoms with Gasteiger partial charge in [0.2, 0.25) is 0 Å². The molecule has 5 aromatic rings. The van der Waals surface area contributed by atoms with Crippen molar-refractivity contribution in [3.63, 3.8) is 0 Å². The molecule has 2 atom stereocenters. The fraction of sp³-hybridized carbons (Fsp3) is 0.386. The number of pyridine rings is 1. The summed E-state index contributed by atoms with van der Waals surface area (Å²) in [5, 5.41) is 22.5. The second-order valence-corrected chi connectivity index (χ2v) is 15.4. The first-order valence-corrected chi connectivity index (χ1v) is 21.3. The number of alkyl halides is 3. The number of allylic oxidation sites excluding steroid dienone is 1. The van der Waals surface area contributed by atoms with Gasteiger partial charge in [-0.15, -0.1) is 11.3 Å². The minimum atomic E-state index is -5.17. The van der Waals surface area contributed by atoms with Crippen LogP contribution in [0.5, 0.6) is 11.8 Å². The van der Waals surface area contributed by atoms with Crippen molar-refractivity contribution in [3.8, 4) is 35.0 Å². The molecule has 0 bridgehead atoms. The van der Waals surface area contributed by atoms with Crippen molar-refractivity contribution in [3.05, 3.63) is 70.7 Å². The van der Waals surface area contributed by atoms with E-state index in [1.165, 1.54) is 70.1 Å². The number of methoxy groups -OCH3 is 1. The molecule has 66 heavy (non-hydrogen) atoms. The number of nitriles is 2. The van der Waals surface area contributed by atoms with Crippen LogP contribution in [0.25, 0.3) is 32.1 Å². The Balaban J connectivity index is 0.000000507. The molecule has 1 saturated heterocycles. The highest BCUT2D eigenvalue weighted by atomic mass is 32.1. The molecule has 5 heterocycles. The first-order chi connectivity index (χ1) is 31.4. The first-order valence-electron chi connectivity index (χ1n) is 20.5. The molecule has 7 rings (SSSR count). The van der Waals surface area contributed by atoms with Gasteiger partial charge in [-0.1, -0.05) is 32.0 Å². The van der Waals surface area contributed by atoms with Crippen molar-refractivity contribution < 1.29 is 50.1 Å². The van der Waals surface area contributed by atoms with Crippen LogP contribution in [0.4, 0.5) is 47.8 Å². The van der Waals surface area contributed by atoms with Crippen molar-refractivity contribution >= 4 is 61.0 Å². The summed E-state index contributed by atoms with van der Waals surface area (Å²) in [6.07, 6.45) is -2.76. The predicted octanol–water partition coefficient (Wildman–Crippen LogP) is 9.77. The summed E-state index contributed by atoms with van der Waals surface area (Å²) in [5.41, 5.74) is 8.92. The second-order valence-electron chi connectivity index (χ2n) is 14.3. The fourth-order valence-electron chi connectivity index (χ4n) is 6.92. The van der Waals surface area contributed by atoms with E-state index in [-0.39, 0.29) is 63.3 Å². The van der Waals surface area contributed by atoms with Crippen LogP contribution in [0.3, 0.4) is 0 Å². The zero-order valence-corrected chi connectivity index (χ0v) is 37.6. The van der Waals surface area contributed by atoms with Crippen LogP contribution in [0, 0.1) is 28.5 Å². The maximum Gasteiger partial charge on any atom is 0.420 e. The Bertz CT molecular complexity index is 2640. The van der Waals surface area contributed by atoms with Crippen molar-refractivity contribution in [1.29, 1.82) is 10.5 Å². The lowest BCUT2D eigenvalue weighted by molar-refractivity contribution is -0.139. The summed E-state index contributed by atoms with van der Waals surface area (Å²) in [7, 11) is 1.21. The predicted molar refractivity (Wildman–Crippen MR) is 238 cm³/mol. The van der Waals surface area contributed by atoms with E-state index in [0.717, 1.165) is 11.3 Å². The molecule has 2 aliphatic rings. The van der Waals surface area contributed by atoms with Gasteiger partial charge in [0.25, 0.3) is 6.08 Å². The second kappa shape index (κ2) is 23.4. The summed E-state index contributed by atoms with van der Waals surface area (Å²) >= 11 is 0.985. The quantitative estimate of drug-likeness (QED) is 0.0645. The Morgan fingerprint density at radius 1 is 1.08 bits per heavy atom. The number of amides is 1.